The summed E-state index contributed by atoms with van der Waals surface area (Å²) in [5.74, 6) is 0.597. The van der Waals surface area contributed by atoms with E-state index in [-0.39, 0.29) is 6.10 Å². The zero-order valence-corrected chi connectivity index (χ0v) is 8.19. The molecule has 72 valence electrons. The molecule has 1 N–H and O–H groups in total. The Balaban J connectivity index is 2.70. The van der Waals surface area contributed by atoms with Crippen molar-refractivity contribution in [3.8, 4) is 5.88 Å². The lowest BCUT2D eigenvalue weighted by Gasteiger charge is -2.09. The van der Waals surface area contributed by atoms with Crippen LogP contribution in [-0.2, 0) is 0 Å². The first-order valence-electron chi connectivity index (χ1n) is 4.40. The monoisotopic (exact) mass is 181 g/mol. The molecule has 0 aliphatic rings. The van der Waals surface area contributed by atoms with Crippen molar-refractivity contribution in [1.29, 1.82) is 0 Å². The van der Waals surface area contributed by atoms with E-state index in [1.165, 1.54) is 0 Å². The van der Waals surface area contributed by atoms with Crippen LogP contribution in [0.25, 0.3) is 0 Å². The van der Waals surface area contributed by atoms with Gasteiger partial charge in [-0.2, -0.15) is 0 Å². The van der Waals surface area contributed by atoms with Crippen molar-refractivity contribution in [2.45, 2.75) is 33.0 Å². The first-order chi connectivity index (χ1) is 6.09. The molecule has 0 aromatic carbocycles. The average Bonchev–Trinajstić information content (AvgIpc) is 2.04. The molecule has 0 aliphatic heterocycles. The molecule has 0 spiro atoms. The number of aliphatic hydroxyl groups excluding tert-OH is 1. The highest BCUT2D eigenvalue weighted by atomic mass is 16.5. The van der Waals surface area contributed by atoms with Crippen LogP contribution in [0.1, 0.15) is 32.4 Å². The molecular formula is C10H15NO2. The van der Waals surface area contributed by atoms with Gasteiger partial charge < -0.3 is 9.84 Å². The standard InChI is InChI=1S/C10H15NO2/c1-7(2)13-10-5-4-9(6-11-10)8(3)12/h4-8,12H,1-3H3. The maximum atomic E-state index is 9.22. The van der Waals surface area contributed by atoms with Gasteiger partial charge in [-0.1, -0.05) is 0 Å². The molecule has 1 heterocycles. The Kier molecular flexibility index (Phi) is 3.25. The quantitative estimate of drug-likeness (QED) is 0.774. The Hall–Kier alpha value is -1.09. The number of aromatic nitrogens is 1. The molecule has 1 atom stereocenters. The lowest BCUT2D eigenvalue weighted by molar-refractivity contribution is 0.197. The van der Waals surface area contributed by atoms with Gasteiger partial charge in [0.15, 0.2) is 0 Å². The Bertz CT molecular complexity index is 254. The van der Waals surface area contributed by atoms with Gasteiger partial charge in [0.1, 0.15) is 0 Å². The average molecular weight is 181 g/mol. The summed E-state index contributed by atoms with van der Waals surface area (Å²) in [6, 6.07) is 3.58. The van der Waals surface area contributed by atoms with E-state index in [1.54, 1.807) is 19.2 Å². The molecule has 0 aliphatic carbocycles. The van der Waals surface area contributed by atoms with Gasteiger partial charge in [0, 0.05) is 12.3 Å². The minimum absolute atomic E-state index is 0.130. The molecular weight excluding hydrogens is 166 g/mol. The van der Waals surface area contributed by atoms with Gasteiger partial charge in [-0.25, -0.2) is 4.98 Å². The van der Waals surface area contributed by atoms with Gasteiger partial charge in [0.05, 0.1) is 12.2 Å². The summed E-state index contributed by atoms with van der Waals surface area (Å²) >= 11 is 0. The van der Waals surface area contributed by atoms with E-state index in [4.69, 9.17) is 4.74 Å². The van der Waals surface area contributed by atoms with Crippen LogP contribution >= 0.6 is 0 Å². The third-order valence-electron chi connectivity index (χ3n) is 1.60. The number of rotatable bonds is 3. The van der Waals surface area contributed by atoms with Gasteiger partial charge in [-0.05, 0) is 32.4 Å². The van der Waals surface area contributed by atoms with E-state index in [9.17, 15) is 5.11 Å². The van der Waals surface area contributed by atoms with E-state index in [2.05, 4.69) is 4.98 Å². The maximum Gasteiger partial charge on any atom is 0.213 e. The molecule has 1 rings (SSSR count). The van der Waals surface area contributed by atoms with E-state index < -0.39 is 6.10 Å². The van der Waals surface area contributed by atoms with Crippen LogP contribution in [0.4, 0.5) is 0 Å². The summed E-state index contributed by atoms with van der Waals surface area (Å²) in [4.78, 5) is 4.06. The van der Waals surface area contributed by atoms with Crippen LogP contribution in [0.5, 0.6) is 5.88 Å². The summed E-state index contributed by atoms with van der Waals surface area (Å²) in [6.45, 7) is 5.61. The Morgan fingerprint density at radius 1 is 1.31 bits per heavy atom. The molecule has 0 amide bonds. The first-order valence-corrected chi connectivity index (χ1v) is 4.40. The van der Waals surface area contributed by atoms with E-state index >= 15 is 0 Å². The lowest BCUT2D eigenvalue weighted by Crippen LogP contribution is -2.07. The van der Waals surface area contributed by atoms with Crippen molar-refractivity contribution in [3.05, 3.63) is 23.9 Å². The second-order valence-corrected chi connectivity index (χ2v) is 3.27. The third-order valence-corrected chi connectivity index (χ3v) is 1.60. The first kappa shape index (κ1) is 9.99. The Morgan fingerprint density at radius 2 is 2.00 bits per heavy atom. The lowest BCUT2D eigenvalue weighted by atomic mass is 10.2. The SMILES string of the molecule is CC(C)Oc1ccc(C(C)O)cn1. The van der Waals surface area contributed by atoms with Crippen LogP contribution < -0.4 is 4.74 Å². The predicted octanol–water partition coefficient (Wildman–Crippen LogP) is 1.92. The highest BCUT2D eigenvalue weighted by molar-refractivity contribution is 5.19. The van der Waals surface area contributed by atoms with Crippen molar-refractivity contribution < 1.29 is 9.84 Å². The number of hydrogen-bond donors (Lipinski definition) is 1. The maximum absolute atomic E-state index is 9.22. The normalized spacial score (nSPS) is 13.0. The van der Waals surface area contributed by atoms with Crippen LogP contribution in [0.2, 0.25) is 0 Å². The van der Waals surface area contributed by atoms with Gasteiger partial charge >= 0.3 is 0 Å². The van der Waals surface area contributed by atoms with Gasteiger partial charge in [-0.15, -0.1) is 0 Å². The fourth-order valence-corrected chi connectivity index (χ4v) is 0.950. The molecule has 0 saturated carbocycles. The molecule has 13 heavy (non-hydrogen) atoms. The molecule has 1 aromatic rings. The minimum Gasteiger partial charge on any atom is -0.475 e. The molecule has 0 radical (unpaired) electrons. The van der Waals surface area contributed by atoms with Crippen molar-refractivity contribution in [1.82, 2.24) is 4.98 Å². The van der Waals surface area contributed by atoms with Gasteiger partial charge in [0.25, 0.3) is 0 Å². The smallest absolute Gasteiger partial charge is 0.213 e. The van der Waals surface area contributed by atoms with Gasteiger partial charge in [0.2, 0.25) is 5.88 Å². The second-order valence-electron chi connectivity index (χ2n) is 3.27. The molecule has 1 aromatic heterocycles. The van der Waals surface area contributed by atoms with E-state index in [0.717, 1.165) is 5.56 Å². The summed E-state index contributed by atoms with van der Waals surface area (Å²) in [5.41, 5.74) is 0.802. The van der Waals surface area contributed by atoms with Crippen LogP contribution in [0.3, 0.4) is 0 Å². The zero-order chi connectivity index (χ0) is 9.84. The second kappa shape index (κ2) is 4.23. The summed E-state index contributed by atoms with van der Waals surface area (Å²) < 4.78 is 5.36. The van der Waals surface area contributed by atoms with Crippen molar-refractivity contribution in [2.75, 3.05) is 0 Å². The van der Waals surface area contributed by atoms with E-state index in [0.29, 0.717) is 5.88 Å². The minimum atomic E-state index is -0.472. The largest absolute Gasteiger partial charge is 0.475 e. The molecule has 0 saturated heterocycles. The summed E-state index contributed by atoms with van der Waals surface area (Å²) in [7, 11) is 0. The number of pyridine rings is 1. The topological polar surface area (TPSA) is 42.4 Å². The summed E-state index contributed by atoms with van der Waals surface area (Å²) in [5, 5.41) is 9.22. The van der Waals surface area contributed by atoms with Crippen LogP contribution in [0, 0.1) is 0 Å². The molecule has 3 heteroatoms. The van der Waals surface area contributed by atoms with Crippen LogP contribution in [0.15, 0.2) is 18.3 Å². The molecule has 0 fully saturated rings. The van der Waals surface area contributed by atoms with Crippen LogP contribution in [-0.4, -0.2) is 16.2 Å². The molecule has 1 unspecified atom stereocenters. The molecule has 0 bridgehead atoms. The Morgan fingerprint density at radius 3 is 2.38 bits per heavy atom. The highest BCUT2D eigenvalue weighted by Crippen LogP contribution is 2.14. The van der Waals surface area contributed by atoms with Crippen molar-refractivity contribution in [3.63, 3.8) is 0 Å². The van der Waals surface area contributed by atoms with Crippen molar-refractivity contribution >= 4 is 0 Å². The number of hydrogen-bond acceptors (Lipinski definition) is 3. The zero-order valence-electron chi connectivity index (χ0n) is 8.19. The molecule has 3 nitrogen and oxygen atoms in total. The Labute approximate surface area is 78.4 Å². The third kappa shape index (κ3) is 3.03. The fourth-order valence-electron chi connectivity index (χ4n) is 0.950. The number of ether oxygens (including phenoxy) is 1. The van der Waals surface area contributed by atoms with E-state index in [1.807, 2.05) is 19.9 Å². The van der Waals surface area contributed by atoms with Crippen molar-refractivity contribution in [2.24, 2.45) is 0 Å². The number of aliphatic hydroxyl groups is 1. The summed E-state index contributed by atoms with van der Waals surface area (Å²) in [6.07, 6.45) is 1.29. The highest BCUT2D eigenvalue weighted by Gasteiger charge is 2.02. The fraction of sp³-hybridized carbons (Fsp3) is 0.500. The van der Waals surface area contributed by atoms with Gasteiger partial charge in [-0.3, -0.25) is 0 Å². The number of nitrogens with zero attached hydrogens (tertiary/aromatic N) is 1. The predicted molar refractivity (Wildman–Crippen MR) is 50.6 cm³/mol.